The van der Waals surface area contributed by atoms with Gasteiger partial charge in [-0.3, -0.25) is 0 Å². The summed E-state index contributed by atoms with van der Waals surface area (Å²) in [7, 11) is -3.73. The van der Waals surface area contributed by atoms with Crippen molar-refractivity contribution in [2.24, 2.45) is 0 Å². The first-order valence-electron chi connectivity index (χ1n) is 6.12. The van der Waals surface area contributed by atoms with E-state index in [4.69, 9.17) is 5.73 Å². The van der Waals surface area contributed by atoms with Crippen LogP contribution in [0.2, 0.25) is 0 Å². The van der Waals surface area contributed by atoms with E-state index in [0.29, 0.717) is 15.7 Å². The first-order valence-corrected chi connectivity index (χ1v) is 8.40. The number of anilines is 1. The average Bonchev–Trinajstić information content (AvgIpc) is 2.41. The molecule has 1 unspecified atom stereocenters. The lowest BCUT2D eigenvalue weighted by Gasteiger charge is -2.15. The van der Waals surface area contributed by atoms with Crippen LogP contribution < -0.4 is 10.5 Å². The first kappa shape index (κ1) is 15.9. The molecule has 3 N–H and O–H groups in total. The van der Waals surface area contributed by atoms with E-state index in [0.717, 1.165) is 0 Å². The number of nitrogens with one attached hydrogen (secondary N) is 1. The maximum Gasteiger partial charge on any atom is 0.241 e. The Bertz CT molecular complexity index is 765. The van der Waals surface area contributed by atoms with E-state index < -0.39 is 21.9 Å². The number of hydrogen-bond donors (Lipinski definition) is 2. The third-order valence-corrected chi connectivity index (χ3v) is 5.22. The number of halogens is 2. The van der Waals surface area contributed by atoms with E-state index >= 15 is 0 Å². The molecule has 0 heterocycles. The Balaban J connectivity index is 2.26. The highest BCUT2D eigenvalue weighted by Crippen LogP contribution is 2.24. The average molecular weight is 373 g/mol. The molecule has 0 fully saturated rings. The summed E-state index contributed by atoms with van der Waals surface area (Å²) in [5.41, 5.74) is 6.57. The molecule has 0 aliphatic rings. The predicted molar refractivity (Wildman–Crippen MR) is 83.7 cm³/mol. The van der Waals surface area contributed by atoms with Gasteiger partial charge in [-0.15, -0.1) is 0 Å². The smallest absolute Gasteiger partial charge is 0.241 e. The molecule has 112 valence electrons. The van der Waals surface area contributed by atoms with Crippen LogP contribution in [0.4, 0.5) is 10.1 Å². The molecule has 2 aromatic carbocycles. The molecule has 0 aliphatic heterocycles. The fourth-order valence-electron chi connectivity index (χ4n) is 1.83. The zero-order valence-corrected chi connectivity index (χ0v) is 13.6. The molecule has 0 bridgehead atoms. The van der Waals surface area contributed by atoms with Crippen LogP contribution in [-0.2, 0) is 10.0 Å². The van der Waals surface area contributed by atoms with Crippen molar-refractivity contribution in [1.29, 1.82) is 0 Å². The zero-order valence-electron chi connectivity index (χ0n) is 11.2. The lowest BCUT2D eigenvalue weighted by Crippen LogP contribution is -2.27. The van der Waals surface area contributed by atoms with Gasteiger partial charge in [-0.05, 0) is 58.7 Å². The summed E-state index contributed by atoms with van der Waals surface area (Å²) >= 11 is 3.21. The lowest BCUT2D eigenvalue weighted by molar-refractivity contribution is 0.564. The molecule has 2 rings (SSSR count). The standard InChI is InChI=1S/C14H14BrFN2O2S/c1-9(10-3-2-4-11(16)7-10)18-21(19,20)12-5-6-13(15)14(17)8-12/h2-9,18H,17H2,1H3. The Hall–Kier alpha value is -1.44. The van der Waals surface area contributed by atoms with Gasteiger partial charge in [0.25, 0.3) is 0 Å². The van der Waals surface area contributed by atoms with E-state index in [9.17, 15) is 12.8 Å². The van der Waals surface area contributed by atoms with Crippen LogP contribution in [0, 0.1) is 5.82 Å². The van der Waals surface area contributed by atoms with E-state index in [1.165, 1.54) is 30.3 Å². The summed E-state index contributed by atoms with van der Waals surface area (Å²) in [5.74, 6) is -0.411. The molecule has 0 saturated heterocycles. The van der Waals surface area contributed by atoms with E-state index in [1.54, 1.807) is 19.1 Å². The van der Waals surface area contributed by atoms with Gasteiger partial charge in [0, 0.05) is 16.2 Å². The topological polar surface area (TPSA) is 72.2 Å². The van der Waals surface area contributed by atoms with Crippen molar-refractivity contribution in [2.75, 3.05) is 5.73 Å². The molecular formula is C14H14BrFN2O2S. The molecule has 0 amide bonds. The molecule has 21 heavy (non-hydrogen) atoms. The summed E-state index contributed by atoms with van der Waals surface area (Å²) in [6.45, 7) is 1.65. The van der Waals surface area contributed by atoms with Crippen molar-refractivity contribution in [2.45, 2.75) is 17.9 Å². The van der Waals surface area contributed by atoms with Gasteiger partial charge in [-0.2, -0.15) is 0 Å². The molecular weight excluding hydrogens is 359 g/mol. The SMILES string of the molecule is CC(NS(=O)(=O)c1ccc(Br)c(N)c1)c1cccc(F)c1. The van der Waals surface area contributed by atoms with Gasteiger partial charge in [0.1, 0.15) is 5.82 Å². The minimum absolute atomic E-state index is 0.0615. The van der Waals surface area contributed by atoms with Crippen molar-refractivity contribution in [3.63, 3.8) is 0 Å². The predicted octanol–water partition coefficient (Wildman–Crippen LogP) is 3.21. The van der Waals surface area contributed by atoms with Crippen LogP contribution >= 0.6 is 15.9 Å². The molecule has 0 spiro atoms. The van der Waals surface area contributed by atoms with Gasteiger partial charge in [0.05, 0.1) is 4.90 Å². The van der Waals surface area contributed by atoms with E-state index in [2.05, 4.69) is 20.7 Å². The van der Waals surface area contributed by atoms with Gasteiger partial charge in [-0.25, -0.2) is 17.5 Å². The molecule has 0 saturated carbocycles. The van der Waals surface area contributed by atoms with Crippen molar-refractivity contribution in [3.8, 4) is 0 Å². The minimum Gasteiger partial charge on any atom is -0.398 e. The third kappa shape index (κ3) is 3.81. The molecule has 0 radical (unpaired) electrons. The Morgan fingerprint density at radius 3 is 2.57 bits per heavy atom. The highest BCUT2D eigenvalue weighted by Gasteiger charge is 2.19. The second kappa shape index (κ2) is 6.13. The number of hydrogen-bond acceptors (Lipinski definition) is 3. The molecule has 1 atom stereocenters. The van der Waals surface area contributed by atoms with Gasteiger partial charge >= 0.3 is 0 Å². The second-order valence-electron chi connectivity index (χ2n) is 4.58. The van der Waals surface area contributed by atoms with Crippen LogP contribution in [0.3, 0.4) is 0 Å². The maximum absolute atomic E-state index is 13.2. The van der Waals surface area contributed by atoms with Crippen molar-refractivity contribution < 1.29 is 12.8 Å². The fraction of sp³-hybridized carbons (Fsp3) is 0.143. The summed E-state index contributed by atoms with van der Waals surface area (Å²) in [6.07, 6.45) is 0. The number of sulfonamides is 1. The maximum atomic E-state index is 13.2. The zero-order chi connectivity index (χ0) is 15.6. The van der Waals surface area contributed by atoms with Crippen LogP contribution in [0.15, 0.2) is 51.8 Å². The van der Waals surface area contributed by atoms with Gasteiger partial charge in [0.15, 0.2) is 0 Å². The highest BCUT2D eigenvalue weighted by atomic mass is 79.9. The van der Waals surface area contributed by atoms with Gasteiger partial charge in [-0.1, -0.05) is 12.1 Å². The van der Waals surface area contributed by atoms with Crippen LogP contribution in [0.1, 0.15) is 18.5 Å². The summed E-state index contributed by atoms with van der Waals surface area (Å²) in [4.78, 5) is 0.0615. The lowest BCUT2D eigenvalue weighted by atomic mass is 10.1. The van der Waals surface area contributed by atoms with Crippen LogP contribution in [0.5, 0.6) is 0 Å². The highest BCUT2D eigenvalue weighted by molar-refractivity contribution is 9.10. The summed E-state index contributed by atoms with van der Waals surface area (Å²) < 4.78 is 40.9. The molecule has 2 aromatic rings. The number of nitrogen functional groups attached to an aromatic ring is 1. The van der Waals surface area contributed by atoms with Crippen LogP contribution in [-0.4, -0.2) is 8.42 Å². The third-order valence-electron chi connectivity index (χ3n) is 2.96. The fourth-order valence-corrected chi connectivity index (χ4v) is 3.35. The first-order chi connectivity index (χ1) is 9.79. The van der Waals surface area contributed by atoms with Crippen LogP contribution in [0.25, 0.3) is 0 Å². The van der Waals surface area contributed by atoms with Crippen molar-refractivity contribution in [1.82, 2.24) is 4.72 Å². The number of rotatable bonds is 4. The van der Waals surface area contributed by atoms with Crippen molar-refractivity contribution in [3.05, 3.63) is 58.3 Å². The Labute approximate surface area is 131 Å². The number of benzene rings is 2. The van der Waals surface area contributed by atoms with Gasteiger partial charge in [0.2, 0.25) is 10.0 Å². The number of nitrogens with two attached hydrogens (primary N) is 1. The Morgan fingerprint density at radius 1 is 1.24 bits per heavy atom. The Morgan fingerprint density at radius 2 is 1.95 bits per heavy atom. The quantitative estimate of drug-likeness (QED) is 0.809. The van der Waals surface area contributed by atoms with E-state index in [-0.39, 0.29) is 4.90 Å². The molecule has 0 aliphatic carbocycles. The van der Waals surface area contributed by atoms with E-state index in [1.807, 2.05) is 0 Å². The second-order valence-corrected chi connectivity index (χ2v) is 7.15. The molecule has 4 nitrogen and oxygen atoms in total. The monoisotopic (exact) mass is 372 g/mol. The summed E-state index contributed by atoms with van der Waals surface area (Å²) in [6, 6.07) is 9.61. The summed E-state index contributed by atoms with van der Waals surface area (Å²) in [5, 5.41) is 0. The molecule has 7 heteroatoms. The normalized spacial score (nSPS) is 13.1. The Kier molecular flexibility index (Phi) is 4.65. The molecule has 0 aromatic heterocycles. The van der Waals surface area contributed by atoms with Gasteiger partial charge < -0.3 is 5.73 Å². The van der Waals surface area contributed by atoms with Crippen molar-refractivity contribution >= 4 is 31.6 Å². The minimum atomic E-state index is -3.73. The largest absolute Gasteiger partial charge is 0.398 e.